The first kappa shape index (κ1) is 15.7. The molecule has 0 spiro atoms. The van der Waals surface area contributed by atoms with Gasteiger partial charge in [0.1, 0.15) is 6.33 Å². The molecule has 3 N–H and O–H groups in total. The van der Waals surface area contributed by atoms with Crippen molar-refractivity contribution in [2.45, 2.75) is 25.4 Å². The SMILES string of the molecule is CN=C(NCc1cccc(-c2ncn[nH]2)c1)NC1CC1.I. The van der Waals surface area contributed by atoms with Gasteiger partial charge >= 0.3 is 0 Å². The average Bonchev–Trinajstić information content (AvgIpc) is 3.13. The van der Waals surface area contributed by atoms with Gasteiger partial charge in [0.2, 0.25) is 0 Å². The molecule has 1 saturated carbocycles. The van der Waals surface area contributed by atoms with Gasteiger partial charge in [-0.15, -0.1) is 24.0 Å². The zero-order valence-electron chi connectivity index (χ0n) is 11.8. The first-order valence-electron chi connectivity index (χ1n) is 6.77. The molecule has 0 bridgehead atoms. The van der Waals surface area contributed by atoms with E-state index in [1.807, 2.05) is 12.1 Å². The van der Waals surface area contributed by atoms with Crippen molar-refractivity contribution < 1.29 is 0 Å². The van der Waals surface area contributed by atoms with Crippen LogP contribution >= 0.6 is 24.0 Å². The van der Waals surface area contributed by atoms with Crippen LogP contribution in [0.3, 0.4) is 0 Å². The number of rotatable bonds is 4. The predicted molar refractivity (Wildman–Crippen MR) is 93.6 cm³/mol. The molecule has 0 radical (unpaired) electrons. The number of H-pyrrole nitrogens is 1. The van der Waals surface area contributed by atoms with Gasteiger partial charge in [0.15, 0.2) is 11.8 Å². The molecule has 2 aromatic rings. The fourth-order valence-corrected chi connectivity index (χ4v) is 1.97. The lowest BCUT2D eigenvalue weighted by atomic mass is 10.1. The molecule has 21 heavy (non-hydrogen) atoms. The van der Waals surface area contributed by atoms with Gasteiger partial charge < -0.3 is 10.6 Å². The van der Waals surface area contributed by atoms with Crippen LogP contribution in [0.4, 0.5) is 0 Å². The van der Waals surface area contributed by atoms with Crippen LogP contribution < -0.4 is 10.6 Å². The van der Waals surface area contributed by atoms with Crippen molar-refractivity contribution >= 4 is 29.9 Å². The summed E-state index contributed by atoms with van der Waals surface area (Å²) in [5, 5.41) is 13.4. The van der Waals surface area contributed by atoms with Crippen LogP contribution in [0.1, 0.15) is 18.4 Å². The third-order valence-electron chi connectivity index (χ3n) is 3.22. The van der Waals surface area contributed by atoms with Crippen molar-refractivity contribution in [1.82, 2.24) is 25.8 Å². The maximum absolute atomic E-state index is 4.22. The minimum atomic E-state index is 0. The fourth-order valence-electron chi connectivity index (χ4n) is 1.97. The molecule has 6 nitrogen and oxygen atoms in total. The third-order valence-corrected chi connectivity index (χ3v) is 3.22. The van der Waals surface area contributed by atoms with Gasteiger partial charge in [-0.05, 0) is 24.5 Å². The van der Waals surface area contributed by atoms with Crippen LogP contribution in [-0.4, -0.2) is 34.2 Å². The molecule has 0 amide bonds. The summed E-state index contributed by atoms with van der Waals surface area (Å²) in [6, 6.07) is 8.81. The van der Waals surface area contributed by atoms with E-state index in [1.165, 1.54) is 24.7 Å². The molecule has 1 aliphatic carbocycles. The lowest BCUT2D eigenvalue weighted by Crippen LogP contribution is -2.38. The number of guanidine groups is 1. The molecule has 3 rings (SSSR count). The Morgan fingerprint density at radius 1 is 1.43 bits per heavy atom. The van der Waals surface area contributed by atoms with Crippen molar-refractivity contribution in [1.29, 1.82) is 0 Å². The third kappa shape index (κ3) is 4.42. The maximum Gasteiger partial charge on any atom is 0.191 e. The van der Waals surface area contributed by atoms with Gasteiger partial charge in [0.25, 0.3) is 0 Å². The molecule has 1 aliphatic rings. The zero-order valence-corrected chi connectivity index (χ0v) is 14.2. The van der Waals surface area contributed by atoms with E-state index in [9.17, 15) is 0 Å². The Balaban J connectivity index is 0.00000161. The number of benzene rings is 1. The van der Waals surface area contributed by atoms with Crippen LogP contribution in [0.15, 0.2) is 35.6 Å². The lowest BCUT2D eigenvalue weighted by molar-refractivity contribution is 0.805. The second kappa shape index (κ2) is 7.39. The van der Waals surface area contributed by atoms with Gasteiger partial charge in [0, 0.05) is 25.2 Å². The van der Waals surface area contributed by atoms with E-state index in [2.05, 4.69) is 42.9 Å². The van der Waals surface area contributed by atoms with Crippen molar-refractivity contribution in [3.05, 3.63) is 36.2 Å². The highest BCUT2D eigenvalue weighted by molar-refractivity contribution is 14.0. The first-order chi connectivity index (χ1) is 9.85. The molecule has 0 atom stereocenters. The molecule has 112 valence electrons. The number of aromatic nitrogens is 3. The fraction of sp³-hybridized carbons (Fsp3) is 0.357. The van der Waals surface area contributed by atoms with Crippen molar-refractivity contribution in [3.63, 3.8) is 0 Å². The van der Waals surface area contributed by atoms with Gasteiger partial charge in [-0.25, -0.2) is 4.98 Å². The minimum Gasteiger partial charge on any atom is -0.354 e. The highest BCUT2D eigenvalue weighted by atomic mass is 127. The number of aliphatic imine (C=N–C) groups is 1. The van der Waals surface area contributed by atoms with Gasteiger partial charge in [-0.2, -0.15) is 5.10 Å². The number of nitrogens with one attached hydrogen (secondary N) is 3. The predicted octanol–water partition coefficient (Wildman–Crippen LogP) is 1.92. The summed E-state index contributed by atoms with van der Waals surface area (Å²) in [4.78, 5) is 8.38. The normalized spacial score (nSPS) is 14.4. The highest BCUT2D eigenvalue weighted by Crippen LogP contribution is 2.18. The summed E-state index contributed by atoms with van der Waals surface area (Å²) in [6.45, 7) is 0.731. The largest absolute Gasteiger partial charge is 0.354 e. The Labute approximate surface area is 140 Å². The van der Waals surface area contributed by atoms with Crippen LogP contribution in [0.5, 0.6) is 0 Å². The second-order valence-corrected chi connectivity index (χ2v) is 4.88. The number of hydrogen-bond donors (Lipinski definition) is 3. The first-order valence-corrected chi connectivity index (χ1v) is 6.77. The van der Waals surface area contributed by atoms with E-state index in [0.717, 1.165) is 23.9 Å². The summed E-state index contributed by atoms with van der Waals surface area (Å²) in [5.74, 6) is 1.64. The van der Waals surface area contributed by atoms with Crippen molar-refractivity contribution in [3.8, 4) is 11.4 Å². The van der Waals surface area contributed by atoms with Crippen molar-refractivity contribution in [2.24, 2.45) is 4.99 Å². The van der Waals surface area contributed by atoms with E-state index in [4.69, 9.17) is 0 Å². The summed E-state index contributed by atoms with van der Waals surface area (Å²) in [7, 11) is 1.79. The molecule has 1 aromatic heterocycles. The molecule has 1 heterocycles. The van der Waals surface area contributed by atoms with E-state index in [0.29, 0.717) is 6.04 Å². The maximum atomic E-state index is 4.22. The molecule has 1 fully saturated rings. The number of aromatic amines is 1. The summed E-state index contributed by atoms with van der Waals surface area (Å²) in [5.41, 5.74) is 2.21. The van der Waals surface area contributed by atoms with Crippen LogP contribution in [0.25, 0.3) is 11.4 Å². The summed E-state index contributed by atoms with van der Waals surface area (Å²) >= 11 is 0. The highest BCUT2D eigenvalue weighted by Gasteiger charge is 2.21. The van der Waals surface area contributed by atoms with Gasteiger partial charge in [-0.3, -0.25) is 10.1 Å². The molecular formula is C14H19IN6. The van der Waals surface area contributed by atoms with Gasteiger partial charge in [0.05, 0.1) is 0 Å². The van der Waals surface area contributed by atoms with Crippen molar-refractivity contribution in [2.75, 3.05) is 7.05 Å². The molecule has 0 aliphatic heterocycles. The quantitative estimate of drug-likeness (QED) is 0.418. The summed E-state index contributed by atoms with van der Waals surface area (Å²) < 4.78 is 0. The van der Waals surface area contributed by atoms with Crippen LogP contribution in [0, 0.1) is 0 Å². The Kier molecular flexibility index (Phi) is 5.54. The van der Waals surface area contributed by atoms with E-state index < -0.39 is 0 Å². The topological polar surface area (TPSA) is 78.0 Å². The zero-order chi connectivity index (χ0) is 13.8. The number of hydrogen-bond acceptors (Lipinski definition) is 3. The van der Waals surface area contributed by atoms with E-state index in [-0.39, 0.29) is 24.0 Å². The van der Waals surface area contributed by atoms with Crippen LogP contribution in [-0.2, 0) is 6.54 Å². The smallest absolute Gasteiger partial charge is 0.191 e. The number of nitrogens with zero attached hydrogens (tertiary/aromatic N) is 3. The van der Waals surface area contributed by atoms with E-state index >= 15 is 0 Å². The molecular weight excluding hydrogens is 379 g/mol. The Hall–Kier alpha value is -1.64. The molecule has 1 aromatic carbocycles. The monoisotopic (exact) mass is 398 g/mol. The minimum absolute atomic E-state index is 0. The average molecular weight is 398 g/mol. The number of halogens is 1. The Morgan fingerprint density at radius 2 is 2.29 bits per heavy atom. The van der Waals surface area contributed by atoms with Gasteiger partial charge in [-0.1, -0.05) is 18.2 Å². The molecule has 0 saturated heterocycles. The standard InChI is InChI=1S/C14H18N6.HI/c1-15-14(19-12-5-6-12)16-8-10-3-2-4-11(7-10)13-17-9-18-20-13;/h2-4,7,9,12H,5-6,8H2,1H3,(H2,15,16,19)(H,17,18,20);1H. The molecule has 0 unspecified atom stereocenters. The van der Waals surface area contributed by atoms with Crippen LogP contribution in [0.2, 0.25) is 0 Å². The second-order valence-electron chi connectivity index (χ2n) is 4.88. The Bertz CT molecular complexity index is 591. The summed E-state index contributed by atoms with van der Waals surface area (Å²) in [6.07, 6.45) is 3.99. The van der Waals surface area contributed by atoms with E-state index in [1.54, 1.807) is 7.05 Å². The Morgan fingerprint density at radius 3 is 2.95 bits per heavy atom. The molecule has 7 heteroatoms. The lowest BCUT2D eigenvalue weighted by Gasteiger charge is -2.11.